The van der Waals surface area contributed by atoms with Crippen molar-refractivity contribution in [3.63, 3.8) is 0 Å². The zero-order chi connectivity index (χ0) is 14.2. The van der Waals surface area contributed by atoms with Crippen LogP contribution in [0.2, 0.25) is 0 Å². The molecule has 0 fully saturated rings. The molecule has 0 N–H and O–H groups in total. The molecule has 2 rings (SSSR count). The molecule has 0 unspecified atom stereocenters. The van der Waals surface area contributed by atoms with Crippen molar-refractivity contribution in [3.05, 3.63) is 72.3 Å². The summed E-state index contributed by atoms with van der Waals surface area (Å²) in [5.41, 5.74) is 5.03. The first kappa shape index (κ1) is 14.4. The van der Waals surface area contributed by atoms with Crippen LogP contribution in [0.4, 0.5) is 11.4 Å². The molecule has 2 aromatic carbocycles. The fourth-order valence-electron chi connectivity index (χ4n) is 1.87. The molecule has 0 aliphatic rings. The second kappa shape index (κ2) is 7.56. The summed E-state index contributed by atoms with van der Waals surface area (Å²) in [6.45, 7) is 2.52. The molecule has 3 heteroatoms. The zero-order valence-corrected chi connectivity index (χ0v) is 12.5. The van der Waals surface area contributed by atoms with Gasteiger partial charge in [0, 0.05) is 0 Å². The van der Waals surface area contributed by atoms with E-state index in [4.69, 9.17) is 4.74 Å². The van der Waals surface area contributed by atoms with Crippen LogP contribution in [0.5, 0.6) is 0 Å². The fourth-order valence-corrected chi connectivity index (χ4v) is 2.01. The van der Waals surface area contributed by atoms with E-state index >= 15 is 0 Å². The van der Waals surface area contributed by atoms with E-state index in [1.807, 2.05) is 72.5 Å². The van der Waals surface area contributed by atoms with Crippen molar-refractivity contribution in [1.29, 1.82) is 0 Å². The Labute approximate surface area is 127 Å². The molecule has 0 aromatic heterocycles. The summed E-state index contributed by atoms with van der Waals surface area (Å²) in [6.07, 6.45) is 0. The predicted octanol–water partition coefficient (Wildman–Crippen LogP) is 3.81. The monoisotopic (exact) mass is 301 g/mol. The van der Waals surface area contributed by atoms with Crippen LogP contribution in [0.1, 0.15) is 6.92 Å². The van der Waals surface area contributed by atoms with Gasteiger partial charge in [-0.25, -0.2) is 0 Å². The molecule has 0 bridgehead atoms. The first-order chi connectivity index (χ1) is 9.86. The molecule has 2 nitrogen and oxygen atoms in total. The molecule has 0 atom stereocenters. The number of anilines is 2. The van der Waals surface area contributed by atoms with Gasteiger partial charge in [-0.2, -0.15) is 0 Å². The average molecular weight is 301 g/mol. The molecule has 0 aliphatic heterocycles. The number of hydrogen-bond acceptors (Lipinski definition) is 2. The van der Waals surface area contributed by atoms with Crippen molar-refractivity contribution in [3.8, 4) is 0 Å². The van der Waals surface area contributed by atoms with E-state index in [1.54, 1.807) is 0 Å². The Morgan fingerprint density at radius 1 is 1.00 bits per heavy atom. The second-order valence-electron chi connectivity index (χ2n) is 3.97. The number of ether oxygens (including phenoxy) is 1. The minimum atomic E-state index is 0.570. The fraction of sp³-hybridized carbons (Fsp3) is 0.118. The van der Waals surface area contributed by atoms with Gasteiger partial charge in [0.15, 0.2) is 0 Å². The molecule has 0 saturated carbocycles. The second-order valence-corrected chi connectivity index (χ2v) is 4.29. The number of para-hydroxylation sites is 2. The molecule has 0 radical (unpaired) electrons. The Morgan fingerprint density at radius 3 is 1.90 bits per heavy atom. The first-order valence-corrected chi connectivity index (χ1v) is 7.03. The minimum absolute atomic E-state index is 0.570. The molecule has 0 heterocycles. The van der Waals surface area contributed by atoms with Crippen LogP contribution in [0.25, 0.3) is 0 Å². The molecule has 0 spiro atoms. The van der Waals surface area contributed by atoms with Crippen molar-refractivity contribution in [2.24, 2.45) is 0 Å². The van der Waals surface area contributed by atoms with E-state index in [9.17, 15) is 0 Å². The van der Waals surface area contributed by atoms with Crippen molar-refractivity contribution >= 4 is 15.9 Å². The molecule has 2 aromatic rings. The van der Waals surface area contributed by atoms with Gasteiger partial charge in [0.05, 0.1) is 0 Å². The number of rotatable bonds is 5. The molecular weight excluding hydrogens is 286 g/mol. The quantitative estimate of drug-likeness (QED) is 0.615. The maximum absolute atomic E-state index is 5.70. The van der Waals surface area contributed by atoms with Crippen molar-refractivity contribution in [2.45, 2.75) is 6.92 Å². The van der Waals surface area contributed by atoms with E-state index in [-0.39, 0.29) is 0 Å². The van der Waals surface area contributed by atoms with Crippen LogP contribution >= 0.6 is 0 Å². The standard InChI is InChI=1S/C17H15NO.Cr/c1-3-17(19-4-2)18(15-11-7-5-8-12-15)16-13-9-6-10-14-16;/h5-14H,4H2,2H3;. The third-order valence-corrected chi connectivity index (χ3v) is 2.83. The summed E-state index contributed by atoms with van der Waals surface area (Å²) >= 11 is 2.70. The summed E-state index contributed by atoms with van der Waals surface area (Å²) < 4.78 is 8.50. The molecule has 100 valence electrons. The summed E-state index contributed by atoms with van der Waals surface area (Å²) in [4.78, 5) is 2.01. The topological polar surface area (TPSA) is 12.5 Å². The van der Waals surface area contributed by atoms with Crippen molar-refractivity contribution in [1.82, 2.24) is 0 Å². The summed E-state index contributed by atoms with van der Waals surface area (Å²) in [6, 6.07) is 20.1. The van der Waals surface area contributed by atoms with E-state index in [1.165, 1.54) is 0 Å². The summed E-state index contributed by atoms with van der Waals surface area (Å²) in [5, 5.41) is 0. The molecule has 0 aliphatic carbocycles. The van der Waals surface area contributed by atoms with Gasteiger partial charge in [0.1, 0.15) is 0 Å². The van der Waals surface area contributed by atoms with E-state index in [2.05, 4.69) is 26.1 Å². The van der Waals surface area contributed by atoms with Gasteiger partial charge in [-0.1, -0.05) is 0 Å². The van der Waals surface area contributed by atoms with Gasteiger partial charge < -0.3 is 0 Å². The Morgan fingerprint density at radius 2 is 1.50 bits per heavy atom. The Kier molecular flexibility index (Phi) is 5.45. The van der Waals surface area contributed by atoms with Crippen molar-refractivity contribution < 1.29 is 20.6 Å². The van der Waals surface area contributed by atoms with Gasteiger partial charge in [0.25, 0.3) is 0 Å². The van der Waals surface area contributed by atoms with Gasteiger partial charge in [-0.15, -0.1) is 0 Å². The molecule has 0 saturated heterocycles. The normalized spacial score (nSPS) is 9.25. The SMILES string of the molecule is CCOC(=C=[C]=[Cr])N(c1ccccc1)c1ccccc1. The number of nitrogens with zero attached hydrogens (tertiary/aromatic N) is 1. The van der Waals surface area contributed by atoms with Crippen molar-refractivity contribution in [2.75, 3.05) is 11.5 Å². The first-order valence-electron chi connectivity index (χ1n) is 6.40. The van der Waals surface area contributed by atoms with Gasteiger partial charge in [-0.3, -0.25) is 0 Å². The summed E-state index contributed by atoms with van der Waals surface area (Å²) in [5.74, 6) is 0.614. The third-order valence-electron chi connectivity index (χ3n) is 2.67. The summed E-state index contributed by atoms with van der Waals surface area (Å²) in [7, 11) is 0. The van der Waals surface area contributed by atoms with Crippen LogP contribution in [-0.2, 0) is 20.6 Å². The maximum atomic E-state index is 5.70. The van der Waals surface area contributed by atoms with Gasteiger partial charge in [0.2, 0.25) is 0 Å². The third kappa shape index (κ3) is 3.52. The van der Waals surface area contributed by atoms with Crippen LogP contribution in [0, 0.1) is 0 Å². The Hall–Kier alpha value is -2.00. The van der Waals surface area contributed by atoms with Crippen LogP contribution in [0.15, 0.2) is 72.3 Å². The number of benzene rings is 2. The van der Waals surface area contributed by atoms with E-state index < -0.39 is 0 Å². The van der Waals surface area contributed by atoms with Crippen LogP contribution < -0.4 is 4.90 Å². The predicted molar refractivity (Wildman–Crippen MR) is 78.7 cm³/mol. The van der Waals surface area contributed by atoms with E-state index in [0.29, 0.717) is 12.5 Å². The van der Waals surface area contributed by atoms with Crippen LogP contribution in [0.3, 0.4) is 0 Å². The number of hydrogen-bond donors (Lipinski definition) is 0. The zero-order valence-electron chi connectivity index (χ0n) is 11.2. The molecular formula is C17H15CrNO. The van der Waals surface area contributed by atoms with Crippen LogP contribution in [-0.4, -0.2) is 11.1 Å². The Balaban J connectivity index is 2.55. The van der Waals surface area contributed by atoms with E-state index in [0.717, 1.165) is 11.4 Å². The van der Waals surface area contributed by atoms with Gasteiger partial charge >= 0.3 is 127 Å². The molecule has 20 heavy (non-hydrogen) atoms. The molecule has 0 amide bonds. The van der Waals surface area contributed by atoms with Gasteiger partial charge in [-0.05, 0) is 0 Å². The average Bonchev–Trinajstić information content (AvgIpc) is 2.50. The Bertz CT molecular complexity index is 587.